The highest BCUT2D eigenvalue weighted by molar-refractivity contribution is 9.10. The average molecular weight is 350 g/mol. The predicted octanol–water partition coefficient (Wildman–Crippen LogP) is 4.05. The van der Waals surface area contributed by atoms with Crippen molar-refractivity contribution in [2.24, 2.45) is 5.84 Å². The Morgan fingerprint density at radius 1 is 1.44 bits per heavy atom. The Kier molecular flexibility index (Phi) is 4.75. The highest BCUT2D eigenvalue weighted by atomic mass is 79.9. The predicted molar refractivity (Wildman–Crippen MR) is 77.2 cm³/mol. The third-order valence-corrected chi connectivity index (χ3v) is 4.65. The van der Waals surface area contributed by atoms with Crippen molar-refractivity contribution in [2.45, 2.75) is 12.5 Å². The van der Waals surface area contributed by atoms with Crippen molar-refractivity contribution in [3.8, 4) is 0 Å². The van der Waals surface area contributed by atoms with Crippen molar-refractivity contribution in [3.05, 3.63) is 55.4 Å². The molecule has 0 spiro atoms. The topological polar surface area (TPSA) is 38.0 Å². The number of nitrogens with two attached hydrogens (primary N) is 1. The maximum atomic E-state index is 14.1. The van der Waals surface area contributed by atoms with Crippen LogP contribution in [0.4, 0.5) is 4.39 Å². The molecule has 1 aromatic heterocycles. The minimum Gasteiger partial charge on any atom is -0.271 e. The first-order valence-corrected chi connectivity index (χ1v) is 7.35. The first-order valence-electron chi connectivity index (χ1n) is 5.24. The Balaban J connectivity index is 2.30. The fraction of sp³-hybridized carbons (Fsp3) is 0.167. The SMILES string of the molecule is NNC(Cc1ccsc1)c1ccc(Br)c(Cl)c1F. The lowest BCUT2D eigenvalue weighted by Crippen LogP contribution is -2.30. The van der Waals surface area contributed by atoms with Crippen molar-refractivity contribution in [1.82, 2.24) is 5.43 Å². The number of hydrogen-bond acceptors (Lipinski definition) is 3. The van der Waals surface area contributed by atoms with Crippen LogP contribution in [0.2, 0.25) is 5.02 Å². The van der Waals surface area contributed by atoms with E-state index in [4.69, 9.17) is 17.4 Å². The Bertz CT molecular complexity index is 533. The molecule has 0 saturated carbocycles. The number of hydrazine groups is 1. The quantitative estimate of drug-likeness (QED) is 0.496. The lowest BCUT2D eigenvalue weighted by molar-refractivity contribution is 0.511. The summed E-state index contributed by atoms with van der Waals surface area (Å²) in [5, 5.41) is 4.08. The molecule has 6 heteroatoms. The zero-order valence-corrected chi connectivity index (χ0v) is 12.4. The van der Waals surface area contributed by atoms with E-state index in [-0.39, 0.29) is 11.1 Å². The number of thiophene rings is 1. The van der Waals surface area contributed by atoms with Gasteiger partial charge in [-0.05, 0) is 50.8 Å². The van der Waals surface area contributed by atoms with Gasteiger partial charge in [-0.2, -0.15) is 11.3 Å². The Hall–Kier alpha value is -0.460. The lowest BCUT2D eigenvalue weighted by Gasteiger charge is -2.17. The number of nitrogens with one attached hydrogen (secondary N) is 1. The summed E-state index contributed by atoms with van der Waals surface area (Å²) in [6, 6.07) is 5.10. The van der Waals surface area contributed by atoms with Crippen LogP contribution in [0.15, 0.2) is 33.4 Å². The molecule has 0 fully saturated rings. The summed E-state index contributed by atoms with van der Waals surface area (Å²) in [7, 11) is 0. The highest BCUT2D eigenvalue weighted by Gasteiger charge is 2.18. The molecule has 1 atom stereocenters. The third kappa shape index (κ3) is 2.92. The molecule has 0 aliphatic carbocycles. The van der Waals surface area contributed by atoms with Gasteiger partial charge in [-0.3, -0.25) is 11.3 Å². The molecule has 1 unspecified atom stereocenters. The van der Waals surface area contributed by atoms with Gasteiger partial charge in [-0.15, -0.1) is 0 Å². The molecular weight excluding hydrogens is 339 g/mol. The lowest BCUT2D eigenvalue weighted by atomic mass is 10.0. The van der Waals surface area contributed by atoms with Gasteiger partial charge in [0.1, 0.15) is 5.82 Å². The molecule has 0 aliphatic rings. The van der Waals surface area contributed by atoms with Crippen LogP contribution in [-0.2, 0) is 6.42 Å². The van der Waals surface area contributed by atoms with E-state index in [1.807, 2.05) is 16.8 Å². The normalized spacial score (nSPS) is 12.7. The number of benzene rings is 1. The average Bonchev–Trinajstić information content (AvgIpc) is 2.87. The summed E-state index contributed by atoms with van der Waals surface area (Å²) >= 11 is 10.7. The van der Waals surface area contributed by atoms with E-state index in [1.165, 1.54) is 0 Å². The molecule has 0 saturated heterocycles. The summed E-state index contributed by atoms with van der Waals surface area (Å²) in [6.45, 7) is 0. The van der Waals surface area contributed by atoms with Gasteiger partial charge in [0.05, 0.1) is 11.1 Å². The molecule has 0 radical (unpaired) electrons. The summed E-state index contributed by atoms with van der Waals surface area (Å²) in [6.07, 6.45) is 0.620. The van der Waals surface area contributed by atoms with Gasteiger partial charge in [0.15, 0.2) is 0 Å². The zero-order valence-electron chi connectivity index (χ0n) is 9.29. The van der Waals surface area contributed by atoms with Gasteiger partial charge in [-0.1, -0.05) is 17.7 Å². The molecular formula is C12H11BrClFN2S. The van der Waals surface area contributed by atoms with E-state index >= 15 is 0 Å². The number of halogens is 3. The third-order valence-electron chi connectivity index (χ3n) is 2.66. The van der Waals surface area contributed by atoms with Crippen molar-refractivity contribution < 1.29 is 4.39 Å². The molecule has 18 heavy (non-hydrogen) atoms. The first kappa shape index (κ1) is 14.0. The van der Waals surface area contributed by atoms with E-state index in [2.05, 4.69) is 21.4 Å². The molecule has 96 valence electrons. The van der Waals surface area contributed by atoms with Crippen LogP contribution in [0.25, 0.3) is 0 Å². The van der Waals surface area contributed by atoms with Gasteiger partial charge in [0.25, 0.3) is 0 Å². The molecule has 0 amide bonds. The second kappa shape index (κ2) is 6.12. The maximum absolute atomic E-state index is 14.1. The van der Waals surface area contributed by atoms with Gasteiger partial charge in [0, 0.05) is 10.0 Å². The van der Waals surface area contributed by atoms with Crippen LogP contribution in [0.5, 0.6) is 0 Å². The van der Waals surface area contributed by atoms with Crippen LogP contribution in [0.1, 0.15) is 17.2 Å². The number of rotatable bonds is 4. The van der Waals surface area contributed by atoms with Crippen molar-refractivity contribution in [1.29, 1.82) is 0 Å². The van der Waals surface area contributed by atoms with E-state index in [9.17, 15) is 4.39 Å². The standard InChI is InChI=1S/C12H11BrClFN2S/c13-9-2-1-8(12(15)11(9)14)10(17-16)5-7-3-4-18-6-7/h1-4,6,10,17H,5,16H2. The summed E-state index contributed by atoms with van der Waals surface area (Å²) < 4.78 is 14.6. The van der Waals surface area contributed by atoms with Gasteiger partial charge < -0.3 is 0 Å². The maximum Gasteiger partial charge on any atom is 0.147 e. The Morgan fingerprint density at radius 2 is 2.22 bits per heavy atom. The van der Waals surface area contributed by atoms with Crippen LogP contribution >= 0.6 is 38.9 Å². The van der Waals surface area contributed by atoms with Crippen molar-refractivity contribution >= 4 is 38.9 Å². The number of hydrogen-bond donors (Lipinski definition) is 2. The fourth-order valence-electron chi connectivity index (χ4n) is 1.71. The van der Waals surface area contributed by atoms with E-state index in [0.717, 1.165) is 5.56 Å². The minimum absolute atomic E-state index is 0.0815. The summed E-state index contributed by atoms with van der Waals surface area (Å²) in [5.41, 5.74) is 4.22. The molecule has 2 rings (SSSR count). The van der Waals surface area contributed by atoms with Gasteiger partial charge in [0.2, 0.25) is 0 Å². The molecule has 2 nitrogen and oxygen atoms in total. The smallest absolute Gasteiger partial charge is 0.147 e. The van der Waals surface area contributed by atoms with Gasteiger partial charge >= 0.3 is 0 Å². The first-order chi connectivity index (χ1) is 8.63. The van der Waals surface area contributed by atoms with Crippen LogP contribution in [-0.4, -0.2) is 0 Å². The fourth-order valence-corrected chi connectivity index (χ4v) is 2.87. The highest BCUT2D eigenvalue weighted by Crippen LogP contribution is 2.31. The van der Waals surface area contributed by atoms with Crippen LogP contribution in [0.3, 0.4) is 0 Å². The van der Waals surface area contributed by atoms with E-state index < -0.39 is 5.82 Å². The Morgan fingerprint density at radius 3 is 2.83 bits per heavy atom. The summed E-state index contributed by atoms with van der Waals surface area (Å²) in [4.78, 5) is 0. The second-order valence-electron chi connectivity index (χ2n) is 3.82. The molecule has 3 N–H and O–H groups in total. The van der Waals surface area contributed by atoms with Crippen molar-refractivity contribution in [3.63, 3.8) is 0 Å². The summed E-state index contributed by atoms with van der Waals surface area (Å²) in [5.74, 6) is 5.07. The monoisotopic (exact) mass is 348 g/mol. The van der Waals surface area contributed by atoms with E-state index in [1.54, 1.807) is 23.5 Å². The molecule has 2 aromatic rings. The minimum atomic E-state index is -0.441. The second-order valence-corrected chi connectivity index (χ2v) is 5.83. The van der Waals surface area contributed by atoms with Crippen molar-refractivity contribution in [2.75, 3.05) is 0 Å². The largest absolute Gasteiger partial charge is 0.271 e. The van der Waals surface area contributed by atoms with E-state index in [0.29, 0.717) is 16.5 Å². The molecule has 0 aliphatic heterocycles. The molecule has 1 heterocycles. The van der Waals surface area contributed by atoms with Crippen LogP contribution < -0.4 is 11.3 Å². The zero-order chi connectivity index (χ0) is 13.1. The Labute approximate surface area is 122 Å². The van der Waals surface area contributed by atoms with Gasteiger partial charge in [-0.25, -0.2) is 4.39 Å². The molecule has 0 bridgehead atoms. The molecule has 1 aromatic carbocycles. The van der Waals surface area contributed by atoms with Crippen LogP contribution in [0, 0.1) is 5.82 Å².